The summed E-state index contributed by atoms with van der Waals surface area (Å²) >= 11 is 6.05. The van der Waals surface area contributed by atoms with Crippen molar-refractivity contribution in [2.24, 2.45) is 0 Å². The van der Waals surface area contributed by atoms with Gasteiger partial charge in [0.05, 0.1) is 16.8 Å². The third-order valence-corrected chi connectivity index (χ3v) is 5.67. The Labute approximate surface area is 205 Å². The van der Waals surface area contributed by atoms with Gasteiger partial charge in [-0.05, 0) is 37.3 Å². The lowest BCUT2D eigenvalue weighted by atomic mass is 10.0. The fourth-order valence-corrected chi connectivity index (χ4v) is 3.84. The van der Waals surface area contributed by atoms with Crippen LogP contribution in [0.2, 0.25) is 5.02 Å². The second-order valence-electron chi connectivity index (χ2n) is 7.74. The number of fused-ring (bicyclic) bond motifs is 1. The number of imide groups is 1. The van der Waals surface area contributed by atoms with E-state index in [0.29, 0.717) is 10.6 Å². The summed E-state index contributed by atoms with van der Waals surface area (Å²) < 4.78 is 5.05. The molecule has 0 saturated carbocycles. The molecule has 1 atom stereocenters. The minimum atomic E-state index is -1.24. The monoisotopic (exact) mass is 490 g/mol. The van der Waals surface area contributed by atoms with Gasteiger partial charge in [-0.25, -0.2) is 4.79 Å². The van der Waals surface area contributed by atoms with Crippen molar-refractivity contribution < 1.29 is 28.7 Å². The molecule has 9 heteroatoms. The highest BCUT2D eigenvalue weighted by atomic mass is 35.5. The summed E-state index contributed by atoms with van der Waals surface area (Å²) in [5, 5.41) is 2.85. The van der Waals surface area contributed by atoms with Crippen molar-refractivity contribution in [2.45, 2.75) is 13.0 Å². The molecule has 0 radical (unpaired) electrons. The van der Waals surface area contributed by atoms with E-state index < -0.39 is 36.3 Å². The number of esters is 1. The van der Waals surface area contributed by atoms with Gasteiger partial charge in [0.1, 0.15) is 6.04 Å². The molecule has 1 aliphatic rings. The van der Waals surface area contributed by atoms with Crippen molar-refractivity contribution in [2.75, 3.05) is 11.9 Å². The van der Waals surface area contributed by atoms with E-state index in [1.54, 1.807) is 42.5 Å². The molecule has 8 nitrogen and oxygen atoms in total. The molecule has 35 heavy (non-hydrogen) atoms. The number of amides is 3. The van der Waals surface area contributed by atoms with Crippen molar-refractivity contribution in [3.63, 3.8) is 0 Å². The van der Waals surface area contributed by atoms with E-state index in [-0.39, 0.29) is 28.2 Å². The molecule has 0 aromatic heterocycles. The van der Waals surface area contributed by atoms with Gasteiger partial charge in [0.25, 0.3) is 17.7 Å². The predicted molar refractivity (Wildman–Crippen MR) is 127 cm³/mol. The number of carbonyl (C=O) groups excluding carboxylic acids is 5. The number of carbonyl (C=O) groups is 5. The fraction of sp³-hybridized carbons (Fsp3) is 0.115. The van der Waals surface area contributed by atoms with E-state index in [1.807, 2.05) is 0 Å². The van der Waals surface area contributed by atoms with E-state index in [2.05, 4.69) is 5.32 Å². The smallest absolute Gasteiger partial charge is 0.329 e. The van der Waals surface area contributed by atoms with Crippen LogP contribution in [0, 0.1) is 0 Å². The van der Waals surface area contributed by atoms with Crippen LogP contribution < -0.4 is 5.32 Å². The zero-order valence-corrected chi connectivity index (χ0v) is 19.2. The second kappa shape index (κ2) is 9.90. The second-order valence-corrected chi connectivity index (χ2v) is 8.18. The number of rotatable bonds is 7. The molecule has 0 saturated heterocycles. The molecule has 1 aliphatic heterocycles. The van der Waals surface area contributed by atoms with Crippen molar-refractivity contribution in [1.29, 1.82) is 0 Å². The number of nitrogens with one attached hydrogen (secondary N) is 1. The van der Waals surface area contributed by atoms with Crippen molar-refractivity contribution in [3.8, 4) is 0 Å². The van der Waals surface area contributed by atoms with Crippen LogP contribution >= 0.6 is 11.6 Å². The summed E-state index contributed by atoms with van der Waals surface area (Å²) in [5.74, 6) is -3.20. The van der Waals surface area contributed by atoms with Crippen LogP contribution in [-0.2, 0) is 14.3 Å². The third-order valence-electron chi connectivity index (χ3n) is 5.44. The van der Waals surface area contributed by atoms with Crippen LogP contribution in [0.5, 0.6) is 0 Å². The molecule has 0 aliphatic carbocycles. The summed E-state index contributed by atoms with van der Waals surface area (Å²) in [6.07, 6.45) is 0. The van der Waals surface area contributed by atoms with Gasteiger partial charge in [-0.2, -0.15) is 0 Å². The maximum atomic E-state index is 12.9. The lowest BCUT2D eigenvalue weighted by Crippen LogP contribution is -2.44. The molecule has 1 heterocycles. The van der Waals surface area contributed by atoms with Crippen molar-refractivity contribution in [3.05, 3.63) is 100 Å². The Morgan fingerprint density at radius 1 is 0.914 bits per heavy atom. The first-order valence-corrected chi connectivity index (χ1v) is 11.0. The maximum Gasteiger partial charge on any atom is 0.329 e. The van der Waals surface area contributed by atoms with Gasteiger partial charge >= 0.3 is 5.97 Å². The molecule has 0 spiro atoms. The first kappa shape index (κ1) is 23.8. The molecule has 4 rings (SSSR count). The Morgan fingerprint density at radius 3 is 2.14 bits per heavy atom. The summed E-state index contributed by atoms with van der Waals surface area (Å²) in [6.45, 7) is 0.658. The first-order valence-electron chi connectivity index (χ1n) is 10.6. The Morgan fingerprint density at radius 2 is 1.51 bits per heavy atom. The van der Waals surface area contributed by atoms with Crippen LogP contribution in [0.15, 0.2) is 72.8 Å². The van der Waals surface area contributed by atoms with Gasteiger partial charge in [0.2, 0.25) is 0 Å². The molecule has 0 unspecified atom stereocenters. The number of anilines is 1. The highest BCUT2D eigenvalue weighted by Gasteiger charge is 2.41. The molecular weight excluding hydrogens is 472 g/mol. The zero-order chi connectivity index (χ0) is 25.1. The molecular formula is C26H19ClN2O6. The fourth-order valence-electron chi connectivity index (χ4n) is 3.67. The maximum absolute atomic E-state index is 12.9. The van der Waals surface area contributed by atoms with Gasteiger partial charge in [-0.3, -0.25) is 24.1 Å². The molecule has 1 N–H and O–H groups in total. The number of nitrogens with zero attached hydrogens (tertiary/aromatic N) is 1. The Kier molecular flexibility index (Phi) is 6.75. The summed E-state index contributed by atoms with van der Waals surface area (Å²) in [7, 11) is 0. The van der Waals surface area contributed by atoms with Gasteiger partial charge < -0.3 is 10.1 Å². The van der Waals surface area contributed by atoms with E-state index in [1.165, 1.54) is 37.3 Å². The number of benzene rings is 3. The lowest BCUT2D eigenvalue weighted by molar-refractivity contribution is -0.150. The topological polar surface area (TPSA) is 110 Å². The Hall–Kier alpha value is -4.30. The number of hydrogen-bond donors (Lipinski definition) is 1. The van der Waals surface area contributed by atoms with Gasteiger partial charge in [-0.1, -0.05) is 54.1 Å². The highest BCUT2D eigenvalue weighted by Crippen LogP contribution is 2.25. The summed E-state index contributed by atoms with van der Waals surface area (Å²) in [4.78, 5) is 63.8. The molecule has 3 amide bonds. The minimum Gasteiger partial charge on any atom is -0.454 e. The number of ether oxygens (including phenoxy) is 1. The quantitative estimate of drug-likeness (QED) is 0.307. The highest BCUT2D eigenvalue weighted by molar-refractivity contribution is 6.31. The zero-order valence-electron chi connectivity index (χ0n) is 18.5. The van der Waals surface area contributed by atoms with Crippen LogP contribution in [0.3, 0.4) is 0 Å². The van der Waals surface area contributed by atoms with Gasteiger partial charge in [0.15, 0.2) is 12.4 Å². The average molecular weight is 491 g/mol. The summed E-state index contributed by atoms with van der Waals surface area (Å²) in [5.41, 5.74) is 1.17. The lowest BCUT2D eigenvalue weighted by Gasteiger charge is -2.20. The van der Waals surface area contributed by atoms with Crippen molar-refractivity contribution >= 4 is 46.8 Å². The minimum absolute atomic E-state index is 0.169. The van der Waals surface area contributed by atoms with Crippen LogP contribution in [0.4, 0.5) is 5.69 Å². The van der Waals surface area contributed by atoms with Crippen molar-refractivity contribution in [1.82, 2.24) is 4.90 Å². The van der Waals surface area contributed by atoms with E-state index >= 15 is 0 Å². The Bertz CT molecular complexity index is 1320. The molecule has 3 aromatic rings. The molecule has 176 valence electrons. The standard InChI is InChI=1S/C26H19ClN2O6/c1-15(29-24(32)18-9-5-6-10-19(18)25(29)33)26(34)35-14-22(30)28-21-12-11-17(27)13-20(21)23(31)16-7-3-2-4-8-16/h2-13,15H,14H2,1H3,(H,28,30)/t15-/m0/s1. The van der Waals surface area contributed by atoms with E-state index in [0.717, 1.165) is 4.90 Å². The Balaban J connectivity index is 1.41. The van der Waals surface area contributed by atoms with Gasteiger partial charge in [0, 0.05) is 16.1 Å². The molecule has 3 aromatic carbocycles. The largest absolute Gasteiger partial charge is 0.454 e. The third kappa shape index (κ3) is 4.83. The van der Waals surface area contributed by atoms with Crippen LogP contribution in [0.1, 0.15) is 43.6 Å². The summed E-state index contributed by atoms with van der Waals surface area (Å²) in [6, 6.07) is 17.9. The predicted octanol–water partition coefficient (Wildman–Crippen LogP) is 3.74. The van der Waals surface area contributed by atoms with E-state index in [4.69, 9.17) is 16.3 Å². The number of ketones is 1. The van der Waals surface area contributed by atoms with Crippen LogP contribution in [-0.4, -0.2) is 47.0 Å². The SMILES string of the molecule is C[C@@H](C(=O)OCC(=O)Nc1ccc(Cl)cc1C(=O)c1ccccc1)N1C(=O)c2ccccc2C1=O. The van der Waals surface area contributed by atoms with E-state index in [9.17, 15) is 24.0 Å². The normalized spacial score (nSPS) is 13.3. The number of halogens is 1. The van der Waals surface area contributed by atoms with Crippen LogP contribution in [0.25, 0.3) is 0 Å². The van der Waals surface area contributed by atoms with Gasteiger partial charge in [-0.15, -0.1) is 0 Å². The molecule has 0 bridgehead atoms. The average Bonchev–Trinajstić information content (AvgIpc) is 3.13. The molecule has 0 fully saturated rings. The number of hydrogen-bond acceptors (Lipinski definition) is 6. The first-order chi connectivity index (χ1) is 16.8.